The summed E-state index contributed by atoms with van der Waals surface area (Å²) in [6.45, 7) is 15.5. The first-order valence-corrected chi connectivity index (χ1v) is 11.9. The van der Waals surface area contributed by atoms with Gasteiger partial charge in [-0.05, 0) is 76.5 Å². The van der Waals surface area contributed by atoms with Crippen LogP contribution in [0.25, 0.3) is 0 Å². The van der Waals surface area contributed by atoms with Crippen LogP contribution in [0.5, 0.6) is 0 Å². The molecule has 0 radical (unpaired) electrons. The van der Waals surface area contributed by atoms with Crippen LogP contribution in [0.15, 0.2) is 0 Å². The number of ether oxygens (including phenoxy) is 1. The van der Waals surface area contributed by atoms with Gasteiger partial charge in [0.2, 0.25) is 11.8 Å². The average molecular weight is 442 g/mol. The van der Waals surface area contributed by atoms with Crippen LogP contribution in [0.3, 0.4) is 0 Å². The molecule has 1 rings (SSSR count). The molecule has 7 nitrogen and oxygen atoms in total. The van der Waals surface area contributed by atoms with Crippen molar-refractivity contribution in [2.75, 3.05) is 19.8 Å². The van der Waals surface area contributed by atoms with Crippen LogP contribution in [0.4, 0.5) is 0 Å². The highest BCUT2D eigenvalue weighted by molar-refractivity contribution is 5.82. The molecule has 3 atom stereocenters. The van der Waals surface area contributed by atoms with Crippen LogP contribution < -0.4 is 16.4 Å². The molecule has 0 saturated heterocycles. The van der Waals surface area contributed by atoms with E-state index >= 15 is 0 Å². The minimum absolute atomic E-state index is 0.0793. The molecule has 182 valence electrons. The number of nitrogens with one attached hydrogen (secondary N) is 2. The summed E-state index contributed by atoms with van der Waals surface area (Å²) in [5.74, 6) is 0.956. The van der Waals surface area contributed by atoms with Gasteiger partial charge in [0.05, 0.1) is 18.2 Å². The highest BCUT2D eigenvalue weighted by Crippen LogP contribution is 2.50. The fourth-order valence-corrected chi connectivity index (χ4v) is 4.34. The standard InChI is InChI=1S/C24H47N3O4/c1-8-31-24(6,7)11-12-26-20(29)9-10-23(4,5)19-13-18(14-19)17(3)21(25)22(30)27-16(2)15-28/h16-19,21,28H,8-15,25H2,1-7H3,(H,26,29)(H,27,30)/t16-,17?,18?,19?,21?/m0/s1. The van der Waals surface area contributed by atoms with Gasteiger partial charge in [0.25, 0.3) is 0 Å². The van der Waals surface area contributed by atoms with E-state index in [1.165, 1.54) is 0 Å². The predicted octanol–water partition coefficient (Wildman–Crippen LogP) is 2.60. The summed E-state index contributed by atoms with van der Waals surface area (Å²) >= 11 is 0. The van der Waals surface area contributed by atoms with Crippen molar-refractivity contribution in [3.05, 3.63) is 0 Å². The molecule has 0 aromatic rings. The lowest BCUT2D eigenvalue weighted by molar-refractivity contribution is -0.126. The summed E-state index contributed by atoms with van der Waals surface area (Å²) in [6, 6.07) is -0.843. The van der Waals surface area contributed by atoms with E-state index in [4.69, 9.17) is 15.6 Å². The van der Waals surface area contributed by atoms with Crippen LogP contribution >= 0.6 is 0 Å². The summed E-state index contributed by atoms with van der Waals surface area (Å²) < 4.78 is 5.67. The summed E-state index contributed by atoms with van der Waals surface area (Å²) in [6.07, 6.45) is 4.24. The number of rotatable bonds is 14. The quantitative estimate of drug-likeness (QED) is 0.331. The zero-order valence-electron chi connectivity index (χ0n) is 20.8. The first kappa shape index (κ1) is 27.9. The summed E-state index contributed by atoms with van der Waals surface area (Å²) in [5.41, 5.74) is 6.03. The SMILES string of the molecule is CCOC(C)(C)CCNC(=O)CCC(C)(C)C1CC(C(C)C(N)C(=O)N[C@@H](C)CO)C1. The Morgan fingerprint density at radius 3 is 2.32 bits per heavy atom. The van der Waals surface area contributed by atoms with Crippen LogP contribution in [0, 0.1) is 23.2 Å². The second-order valence-corrected chi connectivity index (χ2v) is 10.7. The topological polar surface area (TPSA) is 114 Å². The Morgan fingerprint density at radius 2 is 1.77 bits per heavy atom. The van der Waals surface area contributed by atoms with E-state index in [-0.39, 0.29) is 41.4 Å². The van der Waals surface area contributed by atoms with Gasteiger partial charge in [0.15, 0.2) is 0 Å². The van der Waals surface area contributed by atoms with Crippen molar-refractivity contribution in [2.24, 2.45) is 28.9 Å². The molecule has 31 heavy (non-hydrogen) atoms. The number of aliphatic hydroxyl groups is 1. The molecule has 1 aliphatic carbocycles. The molecule has 1 aliphatic rings. The minimum atomic E-state index is -0.560. The van der Waals surface area contributed by atoms with E-state index in [9.17, 15) is 9.59 Å². The average Bonchev–Trinajstić information content (AvgIpc) is 2.63. The van der Waals surface area contributed by atoms with E-state index in [2.05, 4.69) is 24.5 Å². The second kappa shape index (κ2) is 12.2. The maximum absolute atomic E-state index is 12.3. The molecule has 0 heterocycles. The third-order valence-corrected chi connectivity index (χ3v) is 7.14. The maximum atomic E-state index is 12.3. The molecule has 0 aliphatic heterocycles. The highest BCUT2D eigenvalue weighted by atomic mass is 16.5. The molecule has 0 spiro atoms. The lowest BCUT2D eigenvalue weighted by Gasteiger charge is -2.48. The summed E-state index contributed by atoms with van der Waals surface area (Å²) in [4.78, 5) is 24.5. The van der Waals surface area contributed by atoms with Gasteiger partial charge in [-0.3, -0.25) is 9.59 Å². The van der Waals surface area contributed by atoms with E-state index in [0.717, 1.165) is 25.7 Å². The van der Waals surface area contributed by atoms with Gasteiger partial charge in [0.1, 0.15) is 0 Å². The number of aliphatic hydroxyl groups excluding tert-OH is 1. The molecule has 0 aromatic carbocycles. The van der Waals surface area contributed by atoms with E-state index in [1.807, 2.05) is 27.7 Å². The van der Waals surface area contributed by atoms with Crippen molar-refractivity contribution in [3.8, 4) is 0 Å². The van der Waals surface area contributed by atoms with Crippen molar-refractivity contribution < 1.29 is 19.4 Å². The van der Waals surface area contributed by atoms with Crippen LogP contribution in [-0.4, -0.2) is 54.4 Å². The van der Waals surface area contributed by atoms with Crippen LogP contribution in [-0.2, 0) is 14.3 Å². The van der Waals surface area contributed by atoms with Gasteiger partial charge in [-0.15, -0.1) is 0 Å². The number of carbonyl (C=O) groups is 2. The maximum Gasteiger partial charge on any atom is 0.237 e. The molecule has 2 amide bonds. The molecule has 1 fully saturated rings. The Morgan fingerprint density at radius 1 is 1.16 bits per heavy atom. The minimum Gasteiger partial charge on any atom is -0.394 e. The first-order valence-electron chi connectivity index (χ1n) is 11.9. The fourth-order valence-electron chi connectivity index (χ4n) is 4.34. The van der Waals surface area contributed by atoms with E-state index in [1.54, 1.807) is 6.92 Å². The molecule has 2 unspecified atom stereocenters. The van der Waals surface area contributed by atoms with Crippen LogP contribution in [0.1, 0.15) is 80.6 Å². The Balaban J connectivity index is 2.36. The lowest BCUT2D eigenvalue weighted by Crippen LogP contribution is -2.52. The fraction of sp³-hybridized carbons (Fsp3) is 0.917. The van der Waals surface area contributed by atoms with Gasteiger partial charge < -0.3 is 26.2 Å². The number of carbonyl (C=O) groups excluding carboxylic acids is 2. The predicted molar refractivity (Wildman–Crippen MR) is 124 cm³/mol. The molecule has 7 heteroatoms. The largest absolute Gasteiger partial charge is 0.394 e. The lowest BCUT2D eigenvalue weighted by atomic mass is 9.57. The Labute approximate surface area is 189 Å². The van der Waals surface area contributed by atoms with E-state index in [0.29, 0.717) is 31.4 Å². The molecule has 0 bridgehead atoms. The van der Waals surface area contributed by atoms with Crippen molar-refractivity contribution in [1.82, 2.24) is 10.6 Å². The molecule has 1 saturated carbocycles. The van der Waals surface area contributed by atoms with Gasteiger partial charge >= 0.3 is 0 Å². The number of nitrogens with two attached hydrogens (primary N) is 1. The summed E-state index contributed by atoms with van der Waals surface area (Å²) in [5, 5.41) is 14.9. The molecule has 5 N–H and O–H groups in total. The molecular weight excluding hydrogens is 394 g/mol. The normalized spacial score (nSPS) is 22.2. The number of amides is 2. The Kier molecular flexibility index (Phi) is 10.9. The number of hydrogen-bond donors (Lipinski definition) is 4. The van der Waals surface area contributed by atoms with Crippen molar-refractivity contribution in [3.63, 3.8) is 0 Å². The second-order valence-electron chi connectivity index (χ2n) is 10.7. The van der Waals surface area contributed by atoms with E-state index < -0.39 is 6.04 Å². The molecule has 0 aromatic heterocycles. The third-order valence-electron chi connectivity index (χ3n) is 7.14. The van der Waals surface area contributed by atoms with Gasteiger partial charge in [-0.2, -0.15) is 0 Å². The third kappa shape index (κ3) is 9.07. The summed E-state index contributed by atoms with van der Waals surface area (Å²) in [7, 11) is 0. The zero-order chi connectivity index (χ0) is 23.8. The zero-order valence-corrected chi connectivity index (χ0v) is 20.8. The van der Waals surface area contributed by atoms with Gasteiger partial charge in [-0.25, -0.2) is 0 Å². The molecular formula is C24H47N3O4. The monoisotopic (exact) mass is 441 g/mol. The Bertz CT molecular complexity index is 573. The van der Waals surface area contributed by atoms with Crippen molar-refractivity contribution >= 4 is 11.8 Å². The Hall–Kier alpha value is -1.18. The van der Waals surface area contributed by atoms with Crippen molar-refractivity contribution in [1.29, 1.82) is 0 Å². The van der Waals surface area contributed by atoms with Gasteiger partial charge in [-0.1, -0.05) is 20.8 Å². The van der Waals surface area contributed by atoms with Crippen molar-refractivity contribution in [2.45, 2.75) is 98.3 Å². The number of hydrogen-bond acceptors (Lipinski definition) is 5. The van der Waals surface area contributed by atoms with Crippen LogP contribution in [0.2, 0.25) is 0 Å². The first-order chi connectivity index (χ1) is 14.3. The highest BCUT2D eigenvalue weighted by Gasteiger charge is 2.43. The smallest absolute Gasteiger partial charge is 0.237 e. The van der Waals surface area contributed by atoms with Gasteiger partial charge in [0, 0.05) is 25.6 Å².